The van der Waals surface area contributed by atoms with Crippen molar-refractivity contribution in [3.8, 4) is 17.2 Å². The zero-order chi connectivity index (χ0) is 49.9. The molecular weight excluding hydrogens is 832 g/mol. The van der Waals surface area contributed by atoms with E-state index >= 15 is 0 Å². The smallest absolute Gasteiger partial charge is 0.416 e. The predicted molar refractivity (Wildman–Crippen MR) is 272 cm³/mol. The fraction of sp³-hybridized carbons (Fsp3) is 0.672. The molecule has 0 aliphatic heterocycles. The standard InChI is InChI=1S/C58H90F3NO4/c1-17-20-22-24-26-28-32-65-50-45(53(5,6)7)35-43(36-46(50)54(8,9)10)57(64,52(40(4)19-3)62-39-41-34-42(58(59,60)61)30-31-49(41)63)44-37-47(55(11,12)13)51(48(38-44)56(14,15)16)66-33-29-27-25-23-21-18-2/h30-31,34-40,52,63-64H,17-29,32-33H2,1-16H3. The monoisotopic (exact) mass is 922 g/mol. The van der Waals surface area contributed by atoms with Gasteiger partial charge < -0.3 is 19.7 Å². The van der Waals surface area contributed by atoms with Crippen LogP contribution in [0.1, 0.15) is 239 Å². The molecule has 66 heavy (non-hydrogen) atoms. The van der Waals surface area contributed by atoms with Crippen molar-refractivity contribution in [3.05, 3.63) is 87.0 Å². The Labute approximate surface area is 399 Å². The number of aliphatic imine (C=N–C) groups is 1. The van der Waals surface area contributed by atoms with Crippen LogP contribution < -0.4 is 9.47 Å². The summed E-state index contributed by atoms with van der Waals surface area (Å²) in [5.74, 6) is 1.05. The van der Waals surface area contributed by atoms with E-state index in [1.54, 1.807) is 0 Å². The zero-order valence-electron chi connectivity index (χ0n) is 44.2. The van der Waals surface area contributed by atoms with Crippen LogP contribution in [0, 0.1) is 5.92 Å². The Morgan fingerprint density at radius 3 is 1.24 bits per heavy atom. The van der Waals surface area contributed by atoms with Crippen LogP contribution in [0.5, 0.6) is 17.2 Å². The molecule has 2 atom stereocenters. The number of alkyl halides is 3. The molecule has 0 aromatic heterocycles. The van der Waals surface area contributed by atoms with Crippen molar-refractivity contribution in [1.29, 1.82) is 0 Å². The minimum Gasteiger partial charge on any atom is -0.507 e. The molecule has 0 radical (unpaired) electrons. The van der Waals surface area contributed by atoms with E-state index in [0.29, 0.717) is 30.8 Å². The van der Waals surface area contributed by atoms with Gasteiger partial charge in [0.05, 0.1) is 24.8 Å². The fourth-order valence-corrected chi connectivity index (χ4v) is 8.74. The second-order valence-electron chi connectivity index (χ2n) is 23.2. The molecule has 0 amide bonds. The molecule has 5 nitrogen and oxygen atoms in total. The maximum absolute atomic E-state index is 14.4. The van der Waals surface area contributed by atoms with Crippen molar-refractivity contribution in [2.75, 3.05) is 13.2 Å². The summed E-state index contributed by atoms with van der Waals surface area (Å²) in [5, 5.41) is 25.3. The number of hydrogen-bond acceptors (Lipinski definition) is 5. The third-order valence-electron chi connectivity index (χ3n) is 13.1. The lowest BCUT2D eigenvalue weighted by Crippen LogP contribution is -2.44. The van der Waals surface area contributed by atoms with Gasteiger partial charge in [-0.1, -0.05) is 181 Å². The van der Waals surface area contributed by atoms with Crippen molar-refractivity contribution in [1.82, 2.24) is 0 Å². The Morgan fingerprint density at radius 1 is 0.545 bits per heavy atom. The number of aromatic hydroxyl groups is 1. The van der Waals surface area contributed by atoms with Gasteiger partial charge in [0.25, 0.3) is 0 Å². The van der Waals surface area contributed by atoms with E-state index in [1.165, 1.54) is 57.6 Å². The summed E-state index contributed by atoms with van der Waals surface area (Å²) < 4.78 is 55.9. The van der Waals surface area contributed by atoms with Crippen molar-refractivity contribution in [2.45, 2.75) is 234 Å². The minimum absolute atomic E-state index is 0.0751. The summed E-state index contributed by atoms with van der Waals surface area (Å²) in [6, 6.07) is 10.3. The molecular formula is C58H90F3NO4. The second kappa shape index (κ2) is 23.7. The summed E-state index contributed by atoms with van der Waals surface area (Å²) in [6.45, 7) is 35.7. The van der Waals surface area contributed by atoms with Crippen molar-refractivity contribution >= 4 is 6.21 Å². The number of nitrogens with zero attached hydrogens (tertiary/aromatic N) is 1. The summed E-state index contributed by atoms with van der Waals surface area (Å²) in [7, 11) is 0. The van der Waals surface area contributed by atoms with Gasteiger partial charge in [-0.2, -0.15) is 13.2 Å². The van der Waals surface area contributed by atoms with E-state index in [1.807, 2.05) is 13.8 Å². The number of hydrogen-bond donors (Lipinski definition) is 2. The lowest BCUT2D eigenvalue weighted by atomic mass is 9.68. The molecule has 3 aromatic rings. The van der Waals surface area contributed by atoms with Gasteiger partial charge >= 0.3 is 6.18 Å². The van der Waals surface area contributed by atoms with Crippen LogP contribution in [0.3, 0.4) is 0 Å². The molecule has 372 valence electrons. The Bertz CT molecular complexity index is 1840. The van der Waals surface area contributed by atoms with Gasteiger partial charge in [-0.15, -0.1) is 0 Å². The van der Waals surface area contributed by atoms with Crippen molar-refractivity contribution in [3.63, 3.8) is 0 Å². The van der Waals surface area contributed by atoms with Gasteiger partial charge in [0.1, 0.15) is 22.8 Å². The Balaban J connectivity index is 2.55. The van der Waals surface area contributed by atoms with E-state index in [9.17, 15) is 23.4 Å². The predicted octanol–water partition coefficient (Wildman–Crippen LogP) is 16.8. The van der Waals surface area contributed by atoms with Crippen LogP contribution in [-0.4, -0.2) is 35.7 Å². The van der Waals surface area contributed by atoms with Gasteiger partial charge in [0.15, 0.2) is 0 Å². The number of unbranched alkanes of at least 4 members (excludes halogenated alkanes) is 10. The summed E-state index contributed by atoms with van der Waals surface area (Å²) >= 11 is 0. The first-order chi connectivity index (χ1) is 30.5. The molecule has 2 unspecified atom stereocenters. The van der Waals surface area contributed by atoms with Crippen LogP contribution in [0.25, 0.3) is 0 Å². The summed E-state index contributed by atoms with van der Waals surface area (Å²) in [4.78, 5) is 5.10. The molecule has 0 heterocycles. The highest BCUT2D eigenvalue weighted by molar-refractivity contribution is 5.84. The first-order valence-electron chi connectivity index (χ1n) is 25.3. The van der Waals surface area contributed by atoms with E-state index in [0.717, 1.165) is 77.6 Å². The third kappa shape index (κ3) is 15.2. The molecule has 0 fully saturated rings. The average molecular weight is 922 g/mol. The SMILES string of the molecule is CCCCCCCCOc1c(C(C)(C)C)cc(C(O)(c2cc(C(C)(C)C)c(OCCCCCCCC)c(C(C)(C)C)c2)C(N=Cc2cc(C(F)(F)F)ccc2O)C(C)CC)cc1C(C)(C)C. The van der Waals surface area contributed by atoms with E-state index in [4.69, 9.17) is 14.5 Å². The number of benzene rings is 3. The van der Waals surface area contributed by atoms with Crippen molar-refractivity contribution < 1.29 is 32.9 Å². The first-order valence-corrected chi connectivity index (χ1v) is 25.3. The van der Waals surface area contributed by atoms with Gasteiger partial charge in [-0.05, 0) is 94.0 Å². The maximum Gasteiger partial charge on any atom is 0.416 e. The van der Waals surface area contributed by atoms with Crippen molar-refractivity contribution in [2.24, 2.45) is 10.9 Å². The molecule has 0 spiro atoms. The van der Waals surface area contributed by atoms with Crippen LogP contribution in [0.15, 0.2) is 47.5 Å². The summed E-state index contributed by atoms with van der Waals surface area (Å²) in [5.41, 5.74) is 0.659. The molecule has 0 aliphatic carbocycles. The van der Waals surface area contributed by atoms with E-state index < -0.39 is 45.0 Å². The number of rotatable bonds is 23. The summed E-state index contributed by atoms with van der Waals surface area (Å²) in [6.07, 6.45) is 11.0. The quantitative estimate of drug-likeness (QED) is 0.0734. The molecule has 3 rings (SSSR count). The molecule has 2 N–H and O–H groups in total. The first kappa shape index (κ1) is 56.8. The number of phenolic OH excluding ortho intramolecular Hbond substituents is 1. The Kier molecular flexibility index (Phi) is 20.4. The van der Waals surface area contributed by atoms with Gasteiger partial charge in [0.2, 0.25) is 0 Å². The highest BCUT2D eigenvalue weighted by atomic mass is 19.4. The molecule has 3 aromatic carbocycles. The second-order valence-corrected chi connectivity index (χ2v) is 23.2. The van der Waals surface area contributed by atoms with Gasteiger partial charge in [0, 0.05) is 34.0 Å². The zero-order valence-corrected chi connectivity index (χ0v) is 44.2. The molecule has 0 aliphatic rings. The highest BCUT2D eigenvalue weighted by Crippen LogP contribution is 2.50. The minimum atomic E-state index is -4.62. The molecule has 0 saturated heterocycles. The average Bonchev–Trinajstić information content (AvgIpc) is 3.21. The van der Waals surface area contributed by atoms with Crippen LogP contribution in [-0.2, 0) is 33.4 Å². The maximum atomic E-state index is 14.4. The largest absolute Gasteiger partial charge is 0.507 e. The Morgan fingerprint density at radius 2 is 0.909 bits per heavy atom. The topological polar surface area (TPSA) is 71.3 Å². The van der Waals surface area contributed by atoms with Gasteiger partial charge in [-0.25, -0.2) is 0 Å². The number of aliphatic hydroxyl groups is 1. The normalized spacial score (nSPS) is 14.2. The third-order valence-corrected chi connectivity index (χ3v) is 13.1. The van der Waals surface area contributed by atoms with Crippen LogP contribution in [0.2, 0.25) is 0 Å². The lowest BCUT2D eigenvalue weighted by molar-refractivity contribution is -0.137. The van der Waals surface area contributed by atoms with Gasteiger partial charge in [-0.3, -0.25) is 4.99 Å². The van der Waals surface area contributed by atoms with Crippen LogP contribution >= 0.6 is 0 Å². The lowest BCUT2D eigenvalue weighted by Gasteiger charge is -2.42. The highest BCUT2D eigenvalue weighted by Gasteiger charge is 2.46. The van der Waals surface area contributed by atoms with E-state index in [2.05, 4.69) is 121 Å². The van der Waals surface area contributed by atoms with Crippen LogP contribution in [0.4, 0.5) is 13.2 Å². The number of ether oxygens (including phenoxy) is 2. The van der Waals surface area contributed by atoms with E-state index in [-0.39, 0.29) is 17.2 Å². The molecule has 0 saturated carbocycles. The molecule has 0 bridgehead atoms. The fourth-order valence-electron chi connectivity index (χ4n) is 8.74. The number of phenols is 1. The number of halogens is 3. The Hall–Kier alpha value is -3.52. The molecule has 8 heteroatoms.